The van der Waals surface area contributed by atoms with Crippen molar-refractivity contribution in [3.63, 3.8) is 0 Å². The van der Waals surface area contributed by atoms with Crippen molar-refractivity contribution in [2.24, 2.45) is 5.73 Å². The molecule has 0 atom stereocenters. The molecule has 0 spiro atoms. The van der Waals surface area contributed by atoms with Crippen molar-refractivity contribution in [3.05, 3.63) is 18.0 Å². The zero-order valence-corrected chi connectivity index (χ0v) is 9.73. The molecule has 16 heavy (non-hydrogen) atoms. The maximum absolute atomic E-state index is 5.54. The molecule has 0 aliphatic carbocycles. The van der Waals surface area contributed by atoms with Crippen LogP contribution in [0.3, 0.4) is 0 Å². The van der Waals surface area contributed by atoms with Crippen LogP contribution in [0.5, 0.6) is 0 Å². The smallest absolute Gasteiger partial charge is 0.225 e. The highest BCUT2D eigenvalue weighted by molar-refractivity contribution is 5.30. The fourth-order valence-electron chi connectivity index (χ4n) is 2.09. The number of rotatable bonds is 3. The Balaban J connectivity index is 2.08. The molecule has 1 aliphatic rings. The molecule has 2 heterocycles. The molecule has 4 nitrogen and oxygen atoms in total. The Bertz CT molecular complexity index is 319. The van der Waals surface area contributed by atoms with Gasteiger partial charge >= 0.3 is 0 Å². The van der Waals surface area contributed by atoms with E-state index in [0.29, 0.717) is 6.54 Å². The van der Waals surface area contributed by atoms with E-state index >= 15 is 0 Å². The molecule has 0 amide bonds. The fourth-order valence-corrected chi connectivity index (χ4v) is 2.09. The van der Waals surface area contributed by atoms with Crippen molar-refractivity contribution < 1.29 is 0 Å². The van der Waals surface area contributed by atoms with Gasteiger partial charge in [-0.2, -0.15) is 0 Å². The number of nitrogens with zero attached hydrogens (tertiary/aromatic N) is 3. The Morgan fingerprint density at radius 3 is 2.62 bits per heavy atom. The van der Waals surface area contributed by atoms with Gasteiger partial charge in [0.1, 0.15) is 0 Å². The van der Waals surface area contributed by atoms with E-state index in [2.05, 4.69) is 14.9 Å². The molecule has 1 fully saturated rings. The Morgan fingerprint density at radius 2 is 1.94 bits per heavy atom. The molecule has 2 rings (SSSR count). The molecule has 88 valence electrons. The monoisotopic (exact) mass is 220 g/mol. The van der Waals surface area contributed by atoms with Gasteiger partial charge in [0.15, 0.2) is 0 Å². The molecule has 1 saturated heterocycles. The molecule has 0 saturated carbocycles. The van der Waals surface area contributed by atoms with Gasteiger partial charge in [-0.3, -0.25) is 0 Å². The van der Waals surface area contributed by atoms with Crippen LogP contribution in [0, 0.1) is 0 Å². The first kappa shape index (κ1) is 11.3. The van der Waals surface area contributed by atoms with Gasteiger partial charge in [-0.25, -0.2) is 9.97 Å². The lowest BCUT2D eigenvalue weighted by atomic mass is 10.2. The first-order valence-corrected chi connectivity index (χ1v) is 6.17. The largest absolute Gasteiger partial charge is 0.341 e. The van der Waals surface area contributed by atoms with Crippen LogP contribution in [0.4, 0.5) is 5.95 Å². The summed E-state index contributed by atoms with van der Waals surface area (Å²) in [5.74, 6) is 0.882. The van der Waals surface area contributed by atoms with Crippen LogP contribution < -0.4 is 10.6 Å². The summed E-state index contributed by atoms with van der Waals surface area (Å²) in [6.45, 7) is 2.83. The van der Waals surface area contributed by atoms with Crippen LogP contribution in [-0.4, -0.2) is 29.6 Å². The lowest BCUT2D eigenvalue weighted by Crippen LogP contribution is -2.26. The first-order chi connectivity index (χ1) is 7.90. The topological polar surface area (TPSA) is 55.0 Å². The van der Waals surface area contributed by atoms with Crippen LogP contribution >= 0.6 is 0 Å². The Labute approximate surface area is 96.9 Å². The molecule has 1 aromatic heterocycles. The van der Waals surface area contributed by atoms with E-state index in [1.807, 2.05) is 12.3 Å². The van der Waals surface area contributed by atoms with Gasteiger partial charge in [0.2, 0.25) is 5.95 Å². The highest BCUT2D eigenvalue weighted by Gasteiger charge is 2.12. The maximum atomic E-state index is 5.54. The average Bonchev–Trinajstić information content (AvgIpc) is 2.58. The van der Waals surface area contributed by atoms with E-state index < -0.39 is 0 Å². The van der Waals surface area contributed by atoms with Gasteiger partial charge in [0, 0.05) is 31.4 Å². The Morgan fingerprint density at radius 1 is 1.19 bits per heavy atom. The van der Waals surface area contributed by atoms with E-state index in [-0.39, 0.29) is 0 Å². The van der Waals surface area contributed by atoms with Crippen LogP contribution in [-0.2, 0) is 6.42 Å². The second-order valence-corrected chi connectivity index (χ2v) is 4.29. The predicted octanol–water partition coefficient (Wildman–Crippen LogP) is 1.36. The molecular formula is C12H20N4. The fraction of sp³-hybridized carbons (Fsp3) is 0.667. The van der Waals surface area contributed by atoms with E-state index in [9.17, 15) is 0 Å². The zero-order valence-electron chi connectivity index (χ0n) is 9.73. The zero-order chi connectivity index (χ0) is 11.2. The van der Waals surface area contributed by atoms with Gasteiger partial charge in [-0.05, 0) is 25.5 Å². The standard InChI is InChI=1S/C12H20N4/c13-7-5-11-6-8-14-12(15-11)16-9-3-1-2-4-10-16/h6,8H,1-5,7,9-10,13H2. The number of hydrogen-bond acceptors (Lipinski definition) is 4. The van der Waals surface area contributed by atoms with Crippen LogP contribution in [0.25, 0.3) is 0 Å². The van der Waals surface area contributed by atoms with Gasteiger partial charge < -0.3 is 10.6 Å². The minimum Gasteiger partial charge on any atom is -0.341 e. The number of hydrogen-bond donors (Lipinski definition) is 1. The summed E-state index contributed by atoms with van der Waals surface area (Å²) in [4.78, 5) is 11.2. The molecule has 2 N–H and O–H groups in total. The van der Waals surface area contributed by atoms with Crippen molar-refractivity contribution in [3.8, 4) is 0 Å². The van der Waals surface area contributed by atoms with Gasteiger partial charge in [0.05, 0.1) is 0 Å². The first-order valence-electron chi connectivity index (χ1n) is 6.17. The summed E-state index contributed by atoms with van der Waals surface area (Å²) >= 11 is 0. The minimum atomic E-state index is 0.649. The van der Waals surface area contributed by atoms with E-state index in [0.717, 1.165) is 31.2 Å². The number of anilines is 1. The molecule has 0 unspecified atom stereocenters. The molecule has 1 aromatic rings. The predicted molar refractivity (Wildman–Crippen MR) is 65.5 cm³/mol. The molecule has 0 radical (unpaired) electrons. The Kier molecular flexibility index (Phi) is 4.10. The normalized spacial score (nSPS) is 17.2. The second-order valence-electron chi connectivity index (χ2n) is 4.29. The molecule has 1 aliphatic heterocycles. The lowest BCUT2D eigenvalue weighted by Gasteiger charge is -2.20. The average molecular weight is 220 g/mol. The van der Waals surface area contributed by atoms with Gasteiger partial charge in [-0.1, -0.05) is 12.8 Å². The summed E-state index contributed by atoms with van der Waals surface area (Å²) in [6.07, 6.45) is 7.86. The third-order valence-corrected chi connectivity index (χ3v) is 2.99. The Hall–Kier alpha value is -1.16. The van der Waals surface area contributed by atoms with Crippen LogP contribution in [0.15, 0.2) is 12.3 Å². The number of nitrogens with two attached hydrogens (primary N) is 1. The van der Waals surface area contributed by atoms with Crippen LogP contribution in [0.2, 0.25) is 0 Å². The van der Waals surface area contributed by atoms with Crippen molar-refractivity contribution in [2.75, 3.05) is 24.5 Å². The summed E-state index contributed by atoms with van der Waals surface area (Å²) in [7, 11) is 0. The third-order valence-electron chi connectivity index (χ3n) is 2.99. The highest BCUT2D eigenvalue weighted by Crippen LogP contribution is 2.15. The number of aromatic nitrogens is 2. The lowest BCUT2D eigenvalue weighted by molar-refractivity contribution is 0.726. The summed E-state index contributed by atoms with van der Waals surface area (Å²) in [5.41, 5.74) is 6.59. The SMILES string of the molecule is NCCc1ccnc(N2CCCCCC2)n1. The van der Waals surface area contributed by atoms with Crippen molar-refractivity contribution in [1.29, 1.82) is 0 Å². The van der Waals surface area contributed by atoms with E-state index in [1.165, 1.54) is 25.7 Å². The van der Waals surface area contributed by atoms with E-state index in [1.54, 1.807) is 0 Å². The van der Waals surface area contributed by atoms with Crippen molar-refractivity contribution >= 4 is 5.95 Å². The van der Waals surface area contributed by atoms with Crippen LogP contribution in [0.1, 0.15) is 31.4 Å². The van der Waals surface area contributed by atoms with E-state index in [4.69, 9.17) is 5.73 Å². The summed E-state index contributed by atoms with van der Waals surface area (Å²) < 4.78 is 0. The van der Waals surface area contributed by atoms with Crippen molar-refractivity contribution in [2.45, 2.75) is 32.1 Å². The molecule has 0 aromatic carbocycles. The maximum Gasteiger partial charge on any atom is 0.225 e. The second kappa shape index (κ2) is 5.80. The summed E-state index contributed by atoms with van der Waals surface area (Å²) in [6, 6.07) is 1.95. The van der Waals surface area contributed by atoms with Gasteiger partial charge in [-0.15, -0.1) is 0 Å². The third kappa shape index (κ3) is 2.92. The molecule has 4 heteroatoms. The van der Waals surface area contributed by atoms with Gasteiger partial charge in [0.25, 0.3) is 0 Å². The molecule has 0 bridgehead atoms. The quantitative estimate of drug-likeness (QED) is 0.835. The minimum absolute atomic E-state index is 0.649. The highest BCUT2D eigenvalue weighted by atomic mass is 15.2. The van der Waals surface area contributed by atoms with Crippen molar-refractivity contribution in [1.82, 2.24) is 9.97 Å². The summed E-state index contributed by atoms with van der Waals surface area (Å²) in [5, 5.41) is 0. The molecular weight excluding hydrogens is 200 g/mol.